The molecule has 1 amide bonds. The number of amides is 1. The van der Waals surface area contributed by atoms with Crippen LogP contribution in [-0.2, 0) is 4.79 Å². The van der Waals surface area contributed by atoms with Crippen LogP contribution in [0.4, 0.5) is 5.69 Å². The number of hydrogen-bond donors (Lipinski definition) is 0. The van der Waals surface area contributed by atoms with E-state index in [-0.39, 0.29) is 11.8 Å². The molecule has 3 nitrogen and oxygen atoms in total. The third-order valence-electron chi connectivity index (χ3n) is 2.80. The van der Waals surface area contributed by atoms with Crippen molar-refractivity contribution < 1.29 is 4.79 Å². The number of halogens is 1. The summed E-state index contributed by atoms with van der Waals surface area (Å²) in [6, 6.07) is 3.78. The minimum atomic E-state index is 0.150. The molecule has 4 heteroatoms. The van der Waals surface area contributed by atoms with Gasteiger partial charge in [-0.15, -0.1) is 6.58 Å². The molecule has 84 valence electrons. The lowest BCUT2D eigenvalue weighted by molar-refractivity contribution is -0.117. The number of aromatic nitrogens is 1. The summed E-state index contributed by atoms with van der Waals surface area (Å²) in [7, 11) is 0. The molecule has 1 aromatic heterocycles. The standard InChI is InChI=1S/C12H13BrN2O/c1-3-9-6-12(16)15(7-9)10-4-5-11(13)14-8(10)2/h3-5,9H,1,6-7H2,2H3. The van der Waals surface area contributed by atoms with E-state index in [0.717, 1.165) is 16.0 Å². The van der Waals surface area contributed by atoms with Crippen LogP contribution in [0.5, 0.6) is 0 Å². The highest BCUT2D eigenvalue weighted by molar-refractivity contribution is 9.10. The molecule has 0 spiro atoms. The number of hydrogen-bond acceptors (Lipinski definition) is 2. The first-order valence-electron chi connectivity index (χ1n) is 5.18. The summed E-state index contributed by atoms with van der Waals surface area (Å²) in [4.78, 5) is 17.9. The zero-order valence-electron chi connectivity index (χ0n) is 9.11. The molecular formula is C12H13BrN2O. The monoisotopic (exact) mass is 280 g/mol. The lowest BCUT2D eigenvalue weighted by atomic mass is 10.1. The summed E-state index contributed by atoms with van der Waals surface area (Å²) in [5.74, 6) is 0.410. The van der Waals surface area contributed by atoms with E-state index in [4.69, 9.17) is 0 Å². The van der Waals surface area contributed by atoms with Crippen LogP contribution >= 0.6 is 15.9 Å². The van der Waals surface area contributed by atoms with Gasteiger partial charge in [0.15, 0.2) is 0 Å². The Morgan fingerprint density at radius 1 is 1.62 bits per heavy atom. The second kappa shape index (κ2) is 4.37. The van der Waals surface area contributed by atoms with Crippen molar-refractivity contribution in [3.8, 4) is 0 Å². The molecule has 1 aliphatic rings. The Morgan fingerprint density at radius 3 is 2.94 bits per heavy atom. The molecule has 2 rings (SSSR count). The molecule has 2 heterocycles. The van der Waals surface area contributed by atoms with Gasteiger partial charge in [0.05, 0.1) is 11.4 Å². The molecule has 1 fully saturated rings. The van der Waals surface area contributed by atoms with Gasteiger partial charge in [-0.2, -0.15) is 0 Å². The highest BCUT2D eigenvalue weighted by Crippen LogP contribution is 2.28. The Balaban J connectivity index is 2.31. The maximum absolute atomic E-state index is 11.8. The Labute approximate surface area is 103 Å². The fourth-order valence-corrected chi connectivity index (χ4v) is 2.33. The van der Waals surface area contributed by atoms with E-state index in [0.29, 0.717) is 13.0 Å². The number of rotatable bonds is 2. The summed E-state index contributed by atoms with van der Waals surface area (Å²) in [5, 5.41) is 0. The van der Waals surface area contributed by atoms with Crippen molar-refractivity contribution in [1.29, 1.82) is 0 Å². The number of pyridine rings is 1. The van der Waals surface area contributed by atoms with Crippen LogP contribution in [0.15, 0.2) is 29.4 Å². The van der Waals surface area contributed by atoms with Gasteiger partial charge in [0.1, 0.15) is 4.60 Å². The third kappa shape index (κ3) is 2.02. The predicted octanol–water partition coefficient (Wildman–Crippen LogP) is 2.69. The molecule has 0 radical (unpaired) electrons. The molecule has 1 unspecified atom stereocenters. The van der Waals surface area contributed by atoms with Crippen LogP contribution < -0.4 is 4.90 Å². The van der Waals surface area contributed by atoms with Gasteiger partial charge in [-0.1, -0.05) is 6.08 Å². The van der Waals surface area contributed by atoms with Gasteiger partial charge in [0.2, 0.25) is 5.91 Å². The SMILES string of the molecule is C=CC1CC(=O)N(c2ccc(Br)nc2C)C1. The Morgan fingerprint density at radius 2 is 2.38 bits per heavy atom. The number of nitrogens with zero attached hydrogens (tertiary/aromatic N) is 2. The minimum Gasteiger partial charge on any atom is -0.310 e. The molecule has 16 heavy (non-hydrogen) atoms. The molecule has 0 bridgehead atoms. The number of carbonyl (C=O) groups is 1. The summed E-state index contributed by atoms with van der Waals surface area (Å²) < 4.78 is 0.792. The van der Waals surface area contributed by atoms with Crippen molar-refractivity contribution in [2.45, 2.75) is 13.3 Å². The van der Waals surface area contributed by atoms with Gasteiger partial charge in [0, 0.05) is 18.9 Å². The molecule has 0 aliphatic carbocycles. The lowest BCUT2D eigenvalue weighted by Gasteiger charge is -2.18. The summed E-state index contributed by atoms with van der Waals surface area (Å²) in [6.07, 6.45) is 2.40. The molecule has 1 aliphatic heterocycles. The summed E-state index contributed by atoms with van der Waals surface area (Å²) in [6.45, 7) is 6.37. The number of aryl methyl sites for hydroxylation is 1. The first-order valence-corrected chi connectivity index (χ1v) is 5.97. The van der Waals surface area contributed by atoms with E-state index in [1.54, 1.807) is 4.90 Å². The van der Waals surface area contributed by atoms with Crippen LogP contribution in [-0.4, -0.2) is 17.4 Å². The fraction of sp³-hybridized carbons (Fsp3) is 0.333. The van der Waals surface area contributed by atoms with Crippen molar-refractivity contribution in [3.05, 3.63) is 35.1 Å². The van der Waals surface area contributed by atoms with E-state index in [9.17, 15) is 4.79 Å². The summed E-state index contributed by atoms with van der Waals surface area (Å²) in [5.41, 5.74) is 1.77. The Hall–Kier alpha value is -1.16. The normalized spacial score (nSPS) is 20.2. The summed E-state index contributed by atoms with van der Waals surface area (Å²) >= 11 is 3.31. The van der Waals surface area contributed by atoms with Gasteiger partial charge >= 0.3 is 0 Å². The zero-order chi connectivity index (χ0) is 11.7. The second-order valence-corrected chi connectivity index (χ2v) is 4.76. The smallest absolute Gasteiger partial charge is 0.227 e. The van der Waals surface area contributed by atoms with E-state index < -0.39 is 0 Å². The molecule has 0 saturated carbocycles. The highest BCUT2D eigenvalue weighted by atomic mass is 79.9. The molecule has 0 aromatic carbocycles. The van der Waals surface area contributed by atoms with Crippen LogP contribution in [0.2, 0.25) is 0 Å². The molecule has 1 aromatic rings. The molecule has 0 N–H and O–H groups in total. The first-order chi connectivity index (χ1) is 7.61. The minimum absolute atomic E-state index is 0.150. The van der Waals surface area contributed by atoms with E-state index in [2.05, 4.69) is 27.5 Å². The van der Waals surface area contributed by atoms with Gasteiger partial charge in [0.25, 0.3) is 0 Å². The van der Waals surface area contributed by atoms with Crippen LogP contribution in [0.3, 0.4) is 0 Å². The molecule has 1 saturated heterocycles. The van der Waals surface area contributed by atoms with Crippen LogP contribution in [0.1, 0.15) is 12.1 Å². The van der Waals surface area contributed by atoms with Gasteiger partial charge in [-0.3, -0.25) is 4.79 Å². The Kier molecular flexibility index (Phi) is 3.10. The van der Waals surface area contributed by atoms with E-state index in [1.165, 1.54) is 0 Å². The fourth-order valence-electron chi connectivity index (χ4n) is 1.93. The molecule has 1 atom stereocenters. The zero-order valence-corrected chi connectivity index (χ0v) is 10.7. The maximum Gasteiger partial charge on any atom is 0.227 e. The third-order valence-corrected chi connectivity index (χ3v) is 3.24. The highest BCUT2D eigenvalue weighted by Gasteiger charge is 2.29. The number of anilines is 1. The van der Waals surface area contributed by atoms with E-state index >= 15 is 0 Å². The van der Waals surface area contributed by atoms with Gasteiger partial charge in [-0.05, 0) is 35.0 Å². The molecular weight excluding hydrogens is 268 g/mol. The van der Waals surface area contributed by atoms with Crippen LogP contribution in [0, 0.1) is 12.8 Å². The van der Waals surface area contributed by atoms with Crippen molar-refractivity contribution in [2.75, 3.05) is 11.4 Å². The van der Waals surface area contributed by atoms with Gasteiger partial charge < -0.3 is 4.90 Å². The average molecular weight is 281 g/mol. The largest absolute Gasteiger partial charge is 0.310 e. The van der Waals surface area contributed by atoms with Crippen LogP contribution in [0.25, 0.3) is 0 Å². The van der Waals surface area contributed by atoms with Crippen molar-refractivity contribution in [2.24, 2.45) is 5.92 Å². The van der Waals surface area contributed by atoms with Gasteiger partial charge in [-0.25, -0.2) is 4.98 Å². The predicted molar refractivity (Wildman–Crippen MR) is 67.3 cm³/mol. The van der Waals surface area contributed by atoms with E-state index in [1.807, 2.05) is 25.1 Å². The van der Waals surface area contributed by atoms with Crippen molar-refractivity contribution in [3.63, 3.8) is 0 Å². The van der Waals surface area contributed by atoms with Crippen molar-refractivity contribution >= 4 is 27.5 Å². The topological polar surface area (TPSA) is 33.2 Å². The average Bonchev–Trinajstić information content (AvgIpc) is 2.60. The number of carbonyl (C=O) groups excluding carboxylic acids is 1. The lowest BCUT2D eigenvalue weighted by Crippen LogP contribution is -2.25. The first kappa shape index (κ1) is 11.3. The second-order valence-electron chi connectivity index (χ2n) is 3.94. The Bertz CT molecular complexity index is 445. The maximum atomic E-state index is 11.8. The quantitative estimate of drug-likeness (QED) is 0.617. The van der Waals surface area contributed by atoms with Crippen molar-refractivity contribution in [1.82, 2.24) is 4.98 Å².